The molecular weight excluding hydrogens is 436 g/mol. The molecule has 0 saturated carbocycles. The average molecular weight is 457 g/mol. The molecule has 0 unspecified atom stereocenters. The fourth-order valence-electron chi connectivity index (χ4n) is 3.32. The van der Waals surface area contributed by atoms with E-state index in [0.29, 0.717) is 18.1 Å². The first kappa shape index (κ1) is 21.3. The van der Waals surface area contributed by atoms with Gasteiger partial charge in [-0.2, -0.15) is 9.40 Å². The number of amides is 1. The van der Waals surface area contributed by atoms with Gasteiger partial charge in [0.2, 0.25) is 15.9 Å². The first-order chi connectivity index (χ1) is 14.9. The van der Waals surface area contributed by atoms with Crippen LogP contribution in [-0.2, 0) is 14.8 Å². The maximum Gasteiger partial charge on any atom is 0.246 e. The van der Waals surface area contributed by atoms with Crippen LogP contribution in [0.1, 0.15) is 5.56 Å². The molecule has 1 saturated heterocycles. The minimum atomic E-state index is -3.60. The van der Waals surface area contributed by atoms with Gasteiger partial charge in [-0.15, -0.1) is 0 Å². The van der Waals surface area contributed by atoms with Gasteiger partial charge in [-0.25, -0.2) is 13.1 Å². The number of carbonyl (C=O) groups is 1. The van der Waals surface area contributed by atoms with Crippen molar-refractivity contribution < 1.29 is 13.2 Å². The van der Waals surface area contributed by atoms with Crippen molar-refractivity contribution in [2.24, 2.45) is 0 Å². The Morgan fingerprint density at radius 3 is 2.32 bits per heavy atom. The molecule has 1 aliphatic heterocycles. The predicted molar refractivity (Wildman–Crippen MR) is 119 cm³/mol. The van der Waals surface area contributed by atoms with Crippen LogP contribution in [0.3, 0.4) is 0 Å². The smallest absolute Gasteiger partial charge is 0.246 e. The van der Waals surface area contributed by atoms with Crippen molar-refractivity contribution in [2.45, 2.75) is 4.90 Å². The van der Waals surface area contributed by atoms with E-state index in [0.717, 1.165) is 11.3 Å². The molecule has 0 radical (unpaired) electrons. The van der Waals surface area contributed by atoms with E-state index in [1.807, 2.05) is 36.5 Å². The van der Waals surface area contributed by atoms with Gasteiger partial charge in [-0.1, -0.05) is 29.8 Å². The van der Waals surface area contributed by atoms with Gasteiger partial charge >= 0.3 is 0 Å². The summed E-state index contributed by atoms with van der Waals surface area (Å²) in [6, 6.07) is 15.8. The lowest BCUT2D eigenvalue weighted by Gasteiger charge is -2.33. The van der Waals surface area contributed by atoms with E-state index in [4.69, 9.17) is 11.6 Å². The van der Waals surface area contributed by atoms with Crippen LogP contribution in [0.15, 0.2) is 78.0 Å². The molecule has 0 spiro atoms. The summed E-state index contributed by atoms with van der Waals surface area (Å²) in [6.07, 6.45) is 6.74. The lowest BCUT2D eigenvalue weighted by Crippen LogP contribution is -2.50. The van der Waals surface area contributed by atoms with Crippen LogP contribution in [0.2, 0.25) is 5.02 Å². The van der Waals surface area contributed by atoms with Crippen molar-refractivity contribution in [3.05, 3.63) is 83.7 Å². The summed E-state index contributed by atoms with van der Waals surface area (Å²) in [6.45, 7) is 1.16. The summed E-state index contributed by atoms with van der Waals surface area (Å²) in [4.78, 5) is 14.4. The van der Waals surface area contributed by atoms with E-state index in [1.165, 1.54) is 22.5 Å². The number of benzene rings is 2. The van der Waals surface area contributed by atoms with Crippen LogP contribution in [0.4, 0.5) is 0 Å². The van der Waals surface area contributed by atoms with Gasteiger partial charge in [-0.05, 0) is 42.5 Å². The Kier molecular flexibility index (Phi) is 6.22. The molecule has 4 rings (SSSR count). The first-order valence-corrected chi connectivity index (χ1v) is 11.6. The minimum absolute atomic E-state index is 0.156. The molecule has 3 aromatic rings. The number of piperazine rings is 1. The van der Waals surface area contributed by atoms with Crippen LogP contribution in [0, 0.1) is 0 Å². The number of carbonyl (C=O) groups excluding carboxylic acids is 1. The molecule has 1 aromatic heterocycles. The number of aromatic nitrogens is 2. The van der Waals surface area contributed by atoms with Crippen molar-refractivity contribution in [2.75, 3.05) is 26.2 Å². The molecule has 2 heterocycles. The molecule has 2 aromatic carbocycles. The summed E-state index contributed by atoms with van der Waals surface area (Å²) in [5.74, 6) is -0.156. The zero-order valence-electron chi connectivity index (χ0n) is 16.6. The topological polar surface area (TPSA) is 75.5 Å². The van der Waals surface area contributed by atoms with E-state index in [-0.39, 0.29) is 23.9 Å². The summed E-state index contributed by atoms with van der Waals surface area (Å²) in [5, 5.41) is 4.79. The molecule has 7 nitrogen and oxygen atoms in total. The van der Waals surface area contributed by atoms with Gasteiger partial charge in [-0.3, -0.25) is 4.79 Å². The first-order valence-electron chi connectivity index (χ1n) is 9.76. The molecule has 31 heavy (non-hydrogen) atoms. The Balaban J connectivity index is 1.35. The quantitative estimate of drug-likeness (QED) is 0.553. The zero-order valence-corrected chi connectivity index (χ0v) is 18.2. The number of sulfonamides is 1. The molecule has 9 heteroatoms. The Hall–Kier alpha value is -2.94. The number of rotatable bonds is 5. The second-order valence-corrected chi connectivity index (χ2v) is 9.44. The third-order valence-corrected chi connectivity index (χ3v) is 7.21. The number of hydrogen-bond donors (Lipinski definition) is 0. The van der Waals surface area contributed by atoms with Crippen molar-refractivity contribution in [3.63, 3.8) is 0 Å². The molecule has 0 atom stereocenters. The van der Waals surface area contributed by atoms with Crippen LogP contribution < -0.4 is 0 Å². The van der Waals surface area contributed by atoms with E-state index in [1.54, 1.807) is 34.0 Å². The van der Waals surface area contributed by atoms with Crippen molar-refractivity contribution in [1.29, 1.82) is 0 Å². The average Bonchev–Trinajstić information content (AvgIpc) is 3.27. The molecule has 0 bridgehead atoms. The van der Waals surface area contributed by atoms with Crippen LogP contribution in [0.5, 0.6) is 0 Å². The van der Waals surface area contributed by atoms with Gasteiger partial charge in [0.05, 0.1) is 16.8 Å². The van der Waals surface area contributed by atoms with Crippen molar-refractivity contribution >= 4 is 33.6 Å². The molecule has 0 aliphatic carbocycles. The number of para-hydroxylation sites is 1. The fraction of sp³-hybridized carbons (Fsp3) is 0.182. The molecule has 0 N–H and O–H groups in total. The van der Waals surface area contributed by atoms with Crippen LogP contribution in [0.25, 0.3) is 11.8 Å². The van der Waals surface area contributed by atoms with E-state index >= 15 is 0 Å². The highest BCUT2D eigenvalue weighted by atomic mass is 35.5. The van der Waals surface area contributed by atoms with Crippen LogP contribution in [-0.4, -0.2) is 59.5 Å². The third kappa shape index (κ3) is 4.87. The largest absolute Gasteiger partial charge is 0.337 e. The van der Waals surface area contributed by atoms with Gasteiger partial charge < -0.3 is 4.90 Å². The molecule has 1 fully saturated rings. The van der Waals surface area contributed by atoms with Crippen molar-refractivity contribution in [1.82, 2.24) is 19.0 Å². The monoisotopic (exact) mass is 456 g/mol. The minimum Gasteiger partial charge on any atom is -0.337 e. The van der Waals surface area contributed by atoms with Gasteiger partial charge in [0.15, 0.2) is 0 Å². The third-order valence-electron chi connectivity index (χ3n) is 5.04. The summed E-state index contributed by atoms with van der Waals surface area (Å²) in [5.41, 5.74) is 1.74. The Bertz CT molecular complexity index is 1180. The zero-order chi connectivity index (χ0) is 21.8. The Morgan fingerprint density at radius 1 is 0.968 bits per heavy atom. The highest BCUT2D eigenvalue weighted by molar-refractivity contribution is 7.89. The Labute approximate surface area is 186 Å². The lowest BCUT2D eigenvalue weighted by atomic mass is 10.3. The van der Waals surface area contributed by atoms with E-state index in [9.17, 15) is 13.2 Å². The Morgan fingerprint density at radius 2 is 1.65 bits per heavy atom. The second kappa shape index (κ2) is 9.05. The molecule has 1 amide bonds. The highest BCUT2D eigenvalue weighted by Crippen LogP contribution is 2.20. The van der Waals surface area contributed by atoms with Gasteiger partial charge in [0.1, 0.15) is 0 Å². The van der Waals surface area contributed by atoms with Gasteiger partial charge in [0.25, 0.3) is 0 Å². The normalized spacial score (nSPS) is 15.5. The summed E-state index contributed by atoms with van der Waals surface area (Å²) < 4.78 is 28.7. The second-order valence-electron chi connectivity index (χ2n) is 7.07. The van der Waals surface area contributed by atoms with E-state index < -0.39 is 10.0 Å². The number of hydrogen-bond acceptors (Lipinski definition) is 4. The maximum atomic E-state index is 12.8. The van der Waals surface area contributed by atoms with Crippen molar-refractivity contribution in [3.8, 4) is 5.69 Å². The predicted octanol–water partition coefficient (Wildman–Crippen LogP) is 3.07. The highest BCUT2D eigenvalue weighted by Gasteiger charge is 2.29. The molecule has 1 aliphatic rings. The standard InChI is InChI=1S/C22H21ClN4O3S/c23-19-7-9-21(10-8-19)31(29,30)26-14-12-25(13-15-26)22(28)11-6-18-16-24-27(17-18)20-4-2-1-3-5-20/h1-11,16-17H,12-15H2/b11-6+. The van der Waals surface area contributed by atoms with Crippen LogP contribution >= 0.6 is 11.6 Å². The maximum absolute atomic E-state index is 12.8. The molecular formula is C22H21ClN4O3S. The fourth-order valence-corrected chi connectivity index (χ4v) is 4.87. The van der Waals surface area contributed by atoms with Gasteiger partial charge in [0, 0.05) is 49.0 Å². The SMILES string of the molecule is O=C(/C=C/c1cnn(-c2ccccc2)c1)N1CCN(S(=O)(=O)c2ccc(Cl)cc2)CC1. The molecule has 160 valence electrons. The number of halogens is 1. The summed E-state index contributed by atoms with van der Waals surface area (Å²) in [7, 11) is -3.60. The lowest BCUT2D eigenvalue weighted by molar-refractivity contribution is -0.127. The summed E-state index contributed by atoms with van der Waals surface area (Å²) >= 11 is 5.84. The number of nitrogens with zero attached hydrogens (tertiary/aromatic N) is 4. The van der Waals surface area contributed by atoms with E-state index in [2.05, 4.69) is 5.10 Å².